The van der Waals surface area contributed by atoms with Crippen molar-refractivity contribution < 1.29 is 13.2 Å². The molecular formula is C19H19ClN2O3S. The van der Waals surface area contributed by atoms with Gasteiger partial charge in [-0.05, 0) is 54.3 Å². The normalized spacial score (nSPS) is 11.6. The van der Waals surface area contributed by atoms with Gasteiger partial charge in [-0.15, -0.1) is 0 Å². The van der Waals surface area contributed by atoms with Crippen LogP contribution in [0, 0.1) is 6.92 Å². The highest BCUT2D eigenvalue weighted by molar-refractivity contribution is 7.91. The molecule has 1 amide bonds. The largest absolute Gasteiger partial charge is 0.359 e. The van der Waals surface area contributed by atoms with Crippen LogP contribution in [0.15, 0.2) is 53.4 Å². The summed E-state index contributed by atoms with van der Waals surface area (Å²) in [6.45, 7) is 2.35. The summed E-state index contributed by atoms with van der Waals surface area (Å²) in [5, 5.41) is 4.20. The van der Waals surface area contributed by atoms with Gasteiger partial charge in [-0.2, -0.15) is 0 Å². The molecule has 7 heteroatoms. The predicted molar refractivity (Wildman–Crippen MR) is 103 cm³/mol. The number of aromatic nitrogens is 1. The third kappa shape index (κ3) is 4.45. The zero-order valence-electron chi connectivity index (χ0n) is 14.3. The molecule has 1 aromatic heterocycles. The molecule has 2 aromatic carbocycles. The first-order chi connectivity index (χ1) is 12.3. The topological polar surface area (TPSA) is 79.0 Å². The van der Waals surface area contributed by atoms with Gasteiger partial charge in [0.05, 0.1) is 10.6 Å². The van der Waals surface area contributed by atoms with Gasteiger partial charge in [0.25, 0.3) is 0 Å². The Morgan fingerprint density at radius 3 is 2.73 bits per heavy atom. The molecule has 0 atom stereocenters. The number of hydrogen-bond acceptors (Lipinski definition) is 3. The van der Waals surface area contributed by atoms with E-state index in [9.17, 15) is 13.2 Å². The van der Waals surface area contributed by atoms with Crippen LogP contribution >= 0.6 is 11.6 Å². The fourth-order valence-electron chi connectivity index (χ4n) is 2.73. The van der Waals surface area contributed by atoms with Gasteiger partial charge >= 0.3 is 0 Å². The highest BCUT2D eigenvalue weighted by Crippen LogP contribution is 2.18. The summed E-state index contributed by atoms with van der Waals surface area (Å²) in [4.78, 5) is 15.4. The lowest BCUT2D eigenvalue weighted by molar-refractivity contribution is -0.120. The quantitative estimate of drug-likeness (QED) is 0.674. The van der Waals surface area contributed by atoms with E-state index in [0.29, 0.717) is 11.6 Å². The maximum atomic E-state index is 12.3. The van der Waals surface area contributed by atoms with Crippen molar-refractivity contribution in [3.05, 3.63) is 64.8 Å². The number of hydrogen-bond donors (Lipinski definition) is 2. The summed E-state index contributed by atoms with van der Waals surface area (Å²) in [7, 11) is -3.54. The number of benzene rings is 2. The fraction of sp³-hybridized carbons (Fsp3) is 0.211. The van der Waals surface area contributed by atoms with E-state index in [-0.39, 0.29) is 23.0 Å². The number of fused-ring (bicyclic) bond motifs is 1. The minimum atomic E-state index is -3.54. The average molecular weight is 391 g/mol. The van der Waals surface area contributed by atoms with Crippen molar-refractivity contribution >= 4 is 38.2 Å². The predicted octanol–water partition coefficient (Wildman–Crippen LogP) is 3.61. The molecule has 0 unspecified atom stereocenters. The highest BCUT2D eigenvalue weighted by atomic mass is 35.5. The summed E-state index contributed by atoms with van der Waals surface area (Å²) >= 11 is 5.83. The Morgan fingerprint density at radius 2 is 1.96 bits per heavy atom. The summed E-state index contributed by atoms with van der Waals surface area (Å²) < 4.78 is 24.5. The Hall–Kier alpha value is -2.31. The van der Waals surface area contributed by atoms with E-state index in [1.165, 1.54) is 12.1 Å². The number of nitrogens with one attached hydrogen (secondary N) is 2. The number of amides is 1. The molecule has 3 rings (SSSR count). The van der Waals surface area contributed by atoms with Gasteiger partial charge in [-0.3, -0.25) is 4.79 Å². The third-order valence-corrected chi connectivity index (χ3v) is 6.01. The molecule has 0 aliphatic carbocycles. The lowest BCUT2D eigenvalue weighted by Gasteiger charge is -2.07. The molecule has 0 bridgehead atoms. The first kappa shape index (κ1) is 18.5. The van der Waals surface area contributed by atoms with Gasteiger partial charge in [0.15, 0.2) is 9.84 Å². The second-order valence-corrected chi connectivity index (χ2v) is 8.72. The smallest absolute Gasteiger partial charge is 0.221 e. The lowest BCUT2D eigenvalue weighted by Crippen LogP contribution is -2.25. The van der Waals surface area contributed by atoms with Crippen LogP contribution < -0.4 is 5.32 Å². The molecule has 0 spiro atoms. The molecule has 0 saturated heterocycles. The fourth-order valence-corrected chi connectivity index (χ4v) is 4.27. The molecule has 3 aromatic rings. The standard InChI is InChI=1S/C19H19ClN2O3S/c1-13-9-15-10-14(5-6-18(15)22-13)12-21-19(23)7-8-26(24,25)17-4-2-3-16(20)11-17/h2-6,9-11,22H,7-8,12H2,1H3,(H,21,23). The molecule has 1 heterocycles. The molecular weight excluding hydrogens is 372 g/mol. The number of rotatable bonds is 6. The maximum Gasteiger partial charge on any atom is 0.221 e. The molecule has 0 radical (unpaired) electrons. The molecule has 5 nitrogen and oxygen atoms in total. The second-order valence-electron chi connectivity index (χ2n) is 6.18. The number of aromatic amines is 1. The maximum absolute atomic E-state index is 12.3. The minimum absolute atomic E-state index is 0.0969. The van der Waals surface area contributed by atoms with Gasteiger partial charge in [0, 0.05) is 29.2 Å². The number of halogens is 1. The van der Waals surface area contributed by atoms with Crippen LogP contribution in [0.2, 0.25) is 5.02 Å². The summed E-state index contributed by atoms with van der Waals surface area (Å²) in [5.41, 5.74) is 3.08. The second kappa shape index (κ2) is 7.51. The minimum Gasteiger partial charge on any atom is -0.359 e. The van der Waals surface area contributed by atoms with Crippen LogP contribution in [-0.2, 0) is 21.2 Å². The third-order valence-electron chi connectivity index (χ3n) is 4.06. The zero-order chi connectivity index (χ0) is 18.7. The number of H-pyrrole nitrogens is 1. The summed E-state index contributed by atoms with van der Waals surface area (Å²) in [5.74, 6) is -0.559. The first-order valence-electron chi connectivity index (χ1n) is 8.17. The molecule has 0 aliphatic rings. The lowest BCUT2D eigenvalue weighted by atomic mass is 10.1. The van der Waals surface area contributed by atoms with Crippen molar-refractivity contribution in [2.75, 3.05) is 5.75 Å². The van der Waals surface area contributed by atoms with Gasteiger partial charge in [0.2, 0.25) is 5.91 Å². The van der Waals surface area contributed by atoms with Crippen LogP contribution in [0.5, 0.6) is 0 Å². The Morgan fingerprint density at radius 1 is 1.15 bits per heavy atom. The van der Waals surface area contributed by atoms with Gasteiger partial charge in [-0.1, -0.05) is 23.7 Å². The Bertz CT molecular complexity index is 1060. The van der Waals surface area contributed by atoms with Crippen molar-refractivity contribution in [1.29, 1.82) is 0 Å². The van der Waals surface area contributed by atoms with E-state index >= 15 is 0 Å². The van der Waals surface area contributed by atoms with Crippen molar-refractivity contribution in [3.8, 4) is 0 Å². The van der Waals surface area contributed by atoms with Crippen LogP contribution in [0.3, 0.4) is 0 Å². The Labute approximate surface area is 157 Å². The molecule has 0 saturated carbocycles. The van der Waals surface area contributed by atoms with E-state index in [2.05, 4.69) is 10.3 Å². The number of sulfone groups is 1. The van der Waals surface area contributed by atoms with E-state index in [4.69, 9.17) is 11.6 Å². The van der Waals surface area contributed by atoms with Crippen LogP contribution in [-0.4, -0.2) is 25.1 Å². The SMILES string of the molecule is Cc1cc2cc(CNC(=O)CCS(=O)(=O)c3cccc(Cl)c3)ccc2[nH]1. The summed E-state index contributed by atoms with van der Waals surface area (Å²) in [6.07, 6.45) is -0.0969. The van der Waals surface area contributed by atoms with Gasteiger partial charge in [0.1, 0.15) is 0 Å². The van der Waals surface area contributed by atoms with Gasteiger partial charge < -0.3 is 10.3 Å². The van der Waals surface area contributed by atoms with E-state index in [1.807, 2.05) is 31.2 Å². The average Bonchev–Trinajstić information content (AvgIpc) is 2.97. The van der Waals surface area contributed by atoms with Crippen molar-refractivity contribution in [1.82, 2.24) is 10.3 Å². The number of aryl methyl sites for hydroxylation is 1. The number of carbonyl (C=O) groups is 1. The van der Waals surface area contributed by atoms with Crippen molar-refractivity contribution in [2.24, 2.45) is 0 Å². The monoisotopic (exact) mass is 390 g/mol. The number of carbonyl (C=O) groups excluding carboxylic acids is 1. The molecule has 2 N–H and O–H groups in total. The van der Waals surface area contributed by atoms with Crippen molar-refractivity contribution in [2.45, 2.75) is 24.8 Å². The Balaban J connectivity index is 1.56. The highest BCUT2D eigenvalue weighted by Gasteiger charge is 2.16. The van der Waals surface area contributed by atoms with E-state index in [1.54, 1.807) is 12.1 Å². The summed E-state index contributed by atoms with van der Waals surface area (Å²) in [6, 6.07) is 14.0. The van der Waals surface area contributed by atoms with Crippen LogP contribution in [0.25, 0.3) is 10.9 Å². The molecule has 26 heavy (non-hydrogen) atoms. The molecule has 0 aliphatic heterocycles. The molecule has 0 fully saturated rings. The van der Waals surface area contributed by atoms with Crippen molar-refractivity contribution in [3.63, 3.8) is 0 Å². The van der Waals surface area contributed by atoms with Gasteiger partial charge in [-0.25, -0.2) is 8.42 Å². The zero-order valence-corrected chi connectivity index (χ0v) is 15.8. The van der Waals surface area contributed by atoms with E-state index in [0.717, 1.165) is 22.2 Å². The Kier molecular flexibility index (Phi) is 5.34. The van der Waals surface area contributed by atoms with Crippen LogP contribution in [0.1, 0.15) is 17.7 Å². The molecule has 136 valence electrons. The van der Waals surface area contributed by atoms with Crippen LogP contribution in [0.4, 0.5) is 0 Å². The first-order valence-corrected chi connectivity index (χ1v) is 10.2. The van der Waals surface area contributed by atoms with E-state index < -0.39 is 9.84 Å².